The Morgan fingerprint density at radius 2 is 2.39 bits per heavy atom. The first kappa shape index (κ1) is 13.0. The molecule has 1 saturated heterocycles. The highest BCUT2D eigenvalue weighted by molar-refractivity contribution is 5.81. The maximum Gasteiger partial charge on any atom is 0.237 e. The van der Waals surface area contributed by atoms with Gasteiger partial charge in [-0.15, -0.1) is 0 Å². The van der Waals surface area contributed by atoms with Crippen LogP contribution >= 0.6 is 0 Å². The molecule has 1 atom stereocenters. The third-order valence-electron chi connectivity index (χ3n) is 3.42. The van der Waals surface area contributed by atoms with Gasteiger partial charge < -0.3 is 10.6 Å². The van der Waals surface area contributed by atoms with E-state index in [1.54, 1.807) is 0 Å². The van der Waals surface area contributed by atoms with Crippen molar-refractivity contribution in [1.29, 1.82) is 0 Å². The highest BCUT2D eigenvalue weighted by atomic mass is 16.2. The number of amides is 1. The molecule has 0 bridgehead atoms. The summed E-state index contributed by atoms with van der Waals surface area (Å²) in [6.45, 7) is 3.60. The van der Waals surface area contributed by atoms with Gasteiger partial charge >= 0.3 is 0 Å². The summed E-state index contributed by atoms with van der Waals surface area (Å²) < 4.78 is 0. The van der Waals surface area contributed by atoms with Crippen molar-refractivity contribution in [1.82, 2.24) is 15.6 Å². The molecule has 1 aliphatic rings. The molecule has 0 saturated carbocycles. The molecule has 0 aliphatic carbocycles. The van der Waals surface area contributed by atoms with E-state index in [0.717, 1.165) is 37.9 Å². The molecule has 1 fully saturated rings. The number of carbonyl (C=O) groups excluding carboxylic acids is 1. The summed E-state index contributed by atoms with van der Waals surface area (Å²) in [6.07, 6.45) is 5.87. The molecule has 1 aromatic rings. The smallest absolute Gasteiger partial charge is 0.237 e. The molecule has 2 N–H and O–H groups in total. The van der Waals surface area contributed by atoms with E-state index in [4.69, 9.17) is 0 Å². The highest BCUT2D eigenvalue weighted by Gasteiger charge is 2.20. The molecule has 2 rings (SSSR count). The molecule has 1 amide bonds. The Morgan fingerprint density at radius 3 is 3.22 bits per heavy atom. The van der Waals surface area contributed by atoms with Crippen molar-refractivity contribution in [2.24, 2.45) is 0 Å². The van der Waals surface area contributed by atoms with Crippen LogP contribution in [0.15, 0.2) is 18.3 Å². The number of hydrogen-bond donors (Lipinski definition) is 2. The van der Waals surface area contributed by atoms with Crippen molar-refractivity contribution in [2.45, 2.75) is 45.2 Å². The molecule has 18 heavy (non-hydrogen) atoms. The second kappa shape index (κ2) is 6.50. The lowest BCUT2D eigenvalue weighted by atomic mass is 10.1. The first-order chi connectivity index (χ1) is 8.81. The maximum absolute atomic E-state index is 11.8. The number of aromatic nitrogens is 1. The van der Waals surface area contributed by atoms with Crippen LogP contribution < -0.4 is 10.6 Å². The number of pyridine rings is 1. The van der Waals surface area contributed by atoms with Crippen LogP contribution in [0, 0.1) is 0 Å². The van der Waals surface area contributed by atoms with E-state index in [2.05, 4.69) is 28.6 Å². The molecule has 0 aromatic carbocycles. The number of carbonyl (C=O) groups is 1. The summed E-state index contributed by atoms with van der Waals surface area (Å²) >= 11 is 0. The molecule has 0 spiro atoms. The van der Waals surface area contributed by atoms with Crippen LogP contribution in [0.5, 0.6) is 0 Å². The van der Waals surface area contributed by atoms with Gasteiger partial charge in [0.1, 0.15) is 0 Å². The summed E-state index contributed by atoms with van der Waals surface area (Å²) in [4.78, 5) is 16.2. The minimum atomic E-state index is -0.0702. The fourth-order valence-electron chi connectivity index (χ4n) is 2.31. The second-order valence-corrected chi connectivity index (χ2v) is 4.68. The largest absolute Gasteiger partial charge is 0.355 e. The first-order valence-electron chi connectivity index (χ1n) is 6.75. The molecule has 0 radical (unpaired) electrons. The van der Waals surface area contributed by atoms with Gasteiger partial charge in [0.2, 0.25) is 5.91 Å². The third kappa shape index (κ3) is 3.29. The van der Waals surface area contributed by atoms with E-state index >= 15 is 0 Å². The lowest BCUT2D eigenvalue weighted by molar-refractivity contribution is -0.122. The minimum Gasteiger partial charge on any atom is -0.355 e. The van der Waals surface area contributed by atoms with E-state index < -0.39 is 0 Å². The maximum atomic E-state index is 11.8. The third-order valence-corrected chi connectivity index (χ3v) is 3.42. The molecule has 4 nitrogen and oxygen atoms in total. The van der Waals surface area contributed by atoms with Gasteiger partial charge in [0.15, 0.2) is 0 Å². The Balaban J connectivity index is 1.95. The number of aryl methyl sites for hydroxylation is 1. The Kier molecular flexibility index (Phi) is 4.70. The predicted octanol–water partition coefficient (Wildman–Crippen LogP) is 1.40. The number of nitrogens with one attached hydrogen (secondary N) is 2. The quantitative estimate of drug-likeness (QED) is 0.845. The number of hydrogen-bond acceptors (Lipinski definition) is 3. The summed E-state index contributed by atoms with van der Waals surface area (Å²) in [5, 5.41) is 6.27. The molecule has 1 unspecified atom stereocenters. The van der Waals surface area contributed by atoms with Crippen LogP contribution in [0.25, 0.3) is 0 Å². The molecule has 1 aliphatic heterocycles. The number of nitrogens with zero attached hydrogens (tertiary/aromatic N) is 1. The average Bonchev–Trinajstić information content (AvgIpc) is 2.61. The van der Waals surface area contributed by atoms with Crippen LogP contribution in [0.2, 0.25) is 0 Å². The van der Waals surface area contributed by atoms with Crippen LogP contribution in [-0.4, -0.2) is 23.5 Å². The Morgan fingerprint density at radius 1 is 1.50 bits per heavy atom. The van der Waals surface area contributed by atoms with Gasteiger partial charge in [0.25, 0.3) is 0 Å². The Bertz CT molecular complexity index is 406. The summed E-state index contributed by atoms with van der Waals surface area (Å²) in [7, 11) is 0. The van der Waals surface area contributed by atoms with Gasteiger partial charge in [0.05, 0.1) is 11.7 Å². The molecular weight excluding hydrogens is 226 g/mol. The molecule has 98 valence electrons. The van der Waals surface area contributed by atoms with E-state index in [1.807, 2.05) is 12.3 Å². The van der Waals surface area contributed by atoms with Crippen LogP contribution in [0.3, 0.4) is 0 Å². The van der Waals surface area contributed by atoms with E-state index in [-0.39, 0.29) is 11.9 Å². The normalized spacial score (nSPS) is 20.3. The zero-order valence-electron chi connectivity index (χ0n) is 10.9. The Labute approximate surface area is 108 Å². The monoisotopic (exact) mass is 247 g/mol. The van der Waals surface area contributed by atoms with Gasteiger partial charge in [-0.1, -0.05) is 13.0 Å². The van der Waals surface area contributed by atoms with Gasteiger partial charge in [-0.25, -0.2) is 0 Å². The molecule has 2 heterocycles. The summed E-state index contributed by atoms with van der Waals surface area (Å²) in [5.74, 6) is 0.126. The lowest BCUT2D eigenvalue weighted by Crippen LogP contribution is -2.42. The van der Waals surface area contributed by atoms with Crippen LogP contribution in [0.4, 0.5) is 0 Å². The Hall–Kier alpha value is -1.42. The van der Waals surface area contributed by atoms with Crippen molar-refractivity contribution in [3.05, 3.63) is 29.6 Å². The minimum absolute atomic E-state index is 0.0702. The lowest BCUT2D eigenvalue weighted by Gasteiger charge is -2.15. The van der Waals surface area contributed by atoms with Crippen molar-refractivity contribution >= 4 is 5.91 Å². The van der Waals surface area contributed by atoms with Crippen molar-refractivity contribution in [3.8, 4) is 0 Å². The highest BCUT2D eigenvalue weighted by Crippen LogP contribution is 2.09. The van der Waals surface area contributed by atoms with Gasteiger partial charge in [-0.2, -0.15) is 0 Å². The van der Waals surface area contributed by atoms with Gasteiger partial charge in [-0.05, 0) is 37.3 Å². The summed E-state index contributed by atoms with van der Waals surface area (Å²) in [6, 6.07) is 3.98. The van der Waals surface area contributed by atoms with Gasteiger partial charge in [-0.3, -0.25) is 9.78 Å². The first-order valence-corrected chi connectivity index (χ1v) is 6.75. The van der Waals surface area contributed by atoms with Crippen molar-refractivity contribution < 1.29 is 4.79 Å². The van der Waals surface area contributed by atoms with Crippen molar-refractivity contribution in [2.75, 3.05) is 6.54 Å². The predicted molar refractivity (Wildman–Crippen MR) is 71.1 cm³/mol. The number of rotatable bonds is 4. The zero-order valence-corrected chi connectivity index (χ0v) is 10.9. The average molecular weight is 247 g/mol. The zero-order chi connectivity index (χ0) is 12.8. The van der Waals surface area contributed by atoms with Crippen molar-refractivity contribution in [3.63, 3.8) is 0 Å². The van der Waals surface area contributed by atoms with E-state index in [1.165, 1.54) is 5.56 Å². The SMILES string of the molecule is CCc1cccnc1CNC1CCCCNC1=O. The fourth-order valence-corrected chi connectivity index (χ4v) is 2.31. The van der Waals surface area contributed by atoms with Crippen LogP contribution in [-0.2, 0) is 17.8 Å². The summed E-state index contributed by atoms with van der Waals surface area (Å²) in [5.41, 5.74) is 2.30. The van der Waals surface area contributed by atoms with Crippen LogP contribution in [0.1, 0.15) is 37.4 Å². The molecule has 4 heteroatoms. The molecule has 1 aromatic heterocycles. The van der Waals surface area contributed by atoms with E-state index in [0.29, 0.717) is 6.54 Å². The molecular formula is C14H21N3O. The second-order valence-electron chi connectivity index (χ2n) is 4.68. The standard InChI is InChI=1S/C14H21N3O/c1-2-11-6-5-9-15-13(11)10-17-12-7-3-4-8-16-14(12)18/h5-6,9,12,17H,2-4,7-8,10H2,1H3,(H,16,18). The van der Waals surface area contributed by atoms with E-state index in [9.17, 15) is 4.79 Å². The fraction of sp³-hybridized carbons (Fsp3) is 0.571. The topological polar surface area (TPSA) is 54.0 Å². The van der Waals surface area contributed by atoms with Gasteiger partial charge in [0, 0.05) is 19.3 Å².